The van der Waals surface area contributed by atoms with Crippen molar-refractivity contribution in [3.05, 3.63) is 28.2 Å². The summed E-state index contributed by atoms with van der Waals surface area (Å²) in [6.45, 7) is 2.64. The Kier molecular flexibility index (Phi) is 4.58. The van der Waals surface area contributed by atoms with Gasteiger partial charge in [-0.15, -0.1) is 0 Å². The summed E-state index contributed by atoms with van der Waals surface area (Å²) in [6, 6.07) is 5.67. The molecule has 0 aliphatic heterocycles. The Morgan fingerprint density at radius 2 is 2.33 bits per heavy atom. The molecular formula is C10H14BrN3O. The number of methoxy groups -OCH3 is 1. The van der Waals surface area contributed by atoms with Crippen molar-refractivity contribution in [1.82, 2.24) is 5.43 Å². The Bertz CT molecular complexity index is 366. The van der Waals surface area contributed by atoms with E-state index in [-0.39, 0.29) is 0 Å². The number of nitrogens with one attached hydrogen (secondary N) is 1. The van der Waals surface area contributed by atoms with Crippen LogP contribution in [0.4, 0.5) is 0 Å². The number of rotatable bonds is 3. The van der Waals surface area contributed by atoms with Crippen molar-refractivity contribution in [2.45, 2.75) is 6.92 Å². The fourth-order valence-corrected chi connectivity index (χ4v) is 1.73. The maximum absolute atomic E-state index is 5.38. The number of hydrogen-bond donors (Lipinski definition) is 2. The van der Waals surface area contributed by atoms with Crippen molar-refractivity contribution in [2.24, 2.45) is 10.8 Å². The first-order valence-corrected chi connectivity index (χ1v) is 5.37. The van der Waals surface area contributed by atoms with Crippen molar-refractivity contribution in [3.8, 4) is 5.75 Å². The molecule has 1 aromatic rings. The lowest BCUT2D eigenvalue weighted by molar-refractivity contribution is 0.412. The van der Waals surface area contributed by atoms with E-state index in [2.05, 4.69) is 26.3 Å². The first kappa shape index (κ1) is 12.0. The zero-order valence-corrected chi connectivity index (χ0v) is 10.3. The number of hydrazine groups is 1. The average Bonchev–Trinajstić information content (AvgIpc) is 2.25. The van der Waals surface area contributed by atoms with Crippen LogP contribution in [-0.2, 0) is 0 Å². The molecule has 5 heteroatoms. The summed E-state index contributed by atoms with van der Waals surface area (Å²) < 4.78 is 6.01. The molecule has 4 nitrogen and oxygen atoms in total. The molecule has 0 atom stereocenters. The van der Waals surface area contributed by atoms with Crippen LogP contribution < -0.4 is 16.0 Å². The predicted molar refractivity (Wildman–Crippen MR) is 65.1 cm³/mol. The van der Waals surface area contributed by atoms with Crippen LogP contribution in [0.1, 0.15) is 12.5 Å². The van der Waals surface area contributed by atoms with Gasteiger partial charge in [-0.25, -0.2) is 5.84 Å². The first-order chi connectivity index (χ1) is 7.22. The maximum atomic E-state index is 5.38. The van der Waals surface area contributed by atoms with Crippen molar-refractivity contribution >= 4 is 21.8 Å². The van der Waals surface area contributed by atoms with Gasteiger partial charge in [0, 0.05) is 12.1 Å². The van der Waals surface area contributed by atoms with Crippen LogP contribution in [0.15, 0.2) is 27.7 Å². The summed E-state index contributed by atoms with van der Waals surface area (Å²) in [7, 11) is 1.63. The highest BCUT2D eigenvalue weighted by Gasteiger charge is 2.05. The Labute approximate surface area is 97.6 Å². The zero-order chi connectivity index (χ0) is 11.3. The van der Waals surface area contributed by atoms with Crippen LogP contribution in [0.3, 0.4) is 0 Å². The first-order valence-electron chi connectivity index (χ1n) is 4.58. The summed E-state index contributed by atoms with van der Waals surface area (Å²) in [5.74, 6) is 6.84. The van der Waals surface area contributed by atoms with Gasteiger partial charge < -0.3 is 10.2 Å². The number of nitrogens with zero attached hydrogens (tertiary/aromatic N) is 1. The van der Waals surface area contributed by atoms with E-state index in [0.29, 0.717) is 12.4 Å². The lowest BCUT2D eigenvalue weighted by Gasteiger charge is -2.08. The number of aliphatic imine (C=N–C) groups is 1. The van der Waals surface area contributed by atoms with Gasteiger partial charge in [0.15, 0.2) is 0 Å². The summed E-state index contributed by atoms with van der Waals surface area (Å²) in [5, 5.41) is 0. The molecule has 0 saturated carbocycles. The predicted octanol–water partition coefficient (Wildman–Crippen LogP) is 1.69. The van der Waals surface area contributed by atoms with E-state index in [0.717, 1.165) is 15.8 Å². The number of benzene rings is 1. The van der Waals surface area contributed by atoms with Crippen LogP contribution in [0, 0.1) is 0 Å². The zero-order valence-electron chi connectivity index (χ0n) is 8.75. The lowest BCUT2D eigenvalue weighted by atomic mass is 10.2. The fraction of sp³-hybridized carbons (Fsp3) is 0.300. The van der Waals surface area contributed by atoms with Crippen molar-refractivity contribution in [1.29, 1.82) is 0 Å². The molecule has 0 aliphatic rings. The second-order valence-corrected chi connectivity index (χ2v) is 3.67. The van der Waals surface area contributed by atoms with Crippen LogP contribution in [0.5, 0.6) is 5.75 Å². The third-order valence-corrected chi connectivity index (χ3v) is 2.50. The van der Waals surface area contributed by atoms with Crippen molar-refractivity contribution < 1.29 is 4.74 Å². The second kappa shape index (κ2) is 5.72. The molecule has 0 fully saturated rings. The minimum atomic E-state index is 0.667. The SMILES string of the molecule is CCN=C(NN)c1ccc(OC)c(Br)c1. The van der Waals surface area contributed by atoms with E-state index in [1.54, 1.807) is 7.11 Å². The Hall–Kier alpha value is -1.07. The van der Waals surface area contributed by atoms with E-state index in [9.17, 15) is 0 Å². The molecule has 0 saturated heterocycles. The highest BCUT2D eigenvalue weighted by Crippen LogP contribution is 2.25. The van der Waals surface area contributed by atoms with E-state index in [1.807, 2.05) is 25.1 Å². The quantitative estimate of drug-likeness (QED) is 0.381. The molecular weight excluding hydrogens is 258 g/mol. The fourth-order valence-electron chi connectivity index (χ4n) is 1.19. The minimum absolute atomic E-state index is 0.667. The summed E-state index contributed by atoms with van der Waals surface area (Å²) in [5.41, 5.74) is 3.50. The van der Waals surface area contributed by atoms with Gasteiger partial charge >= 0.3 is 0 Å². The monoisotopic (exact) mass is 271 g/mol. The summed E-state index contributed by atoms with van der Waals surface area (Å²) in [6.07, 6.45) is 0. The van der Waals surface area contributed by atoms with Crippen LogP contribution in [0.2, 0.25) is 0 Å². The van der Waals surface area contributed by atoms with Gasteiger partial charge in [0.25, 0.3) is 0 Å². The number of hydrogen-bond acceptors (Lipinski definition) is 3. The molecule has 3 N–H and O–H groups in total. The van der Waals surface area contributed by atoms with E-state index in [1.165, 1.54) is 0 Å². The summed E-state index contributed by atoms with van der Waals surface area (Å²) >= 11 is 3.41. The Morgan fingerprint density at radius 1 is 1.60 bits per heavy atom. The molecule has 0 aliphatic carbocycles. The average molecular weight is 272 g/mol. The van der Waals surface area contributed by atoms with Gasteiger partial charge in [-0.1, -0.05) is 0 Å². The van der Waals surface area contributed by atoms with Crippen LogP contribution in [0.25, 0.3) is 0 Å². The van der Waals surface area contributed by atoms with Gasteiger partial charge in [-0.2, -0.15) is 0 Å². The van der Waals surface area contributed by atoms with Crippen molar-refractivity contribution in [3.63, 3.8) is 0 Å². The maximum Gasteiger partial charge on any atom is 0.142 e. The standard InChI is InChI=1S/C10H14BrN3O/c1-3-13-10(14-12)7-4-5-9(15-2)8(11)6-7/h4-6H,3,12H2,1-2H3,(H,13,14). The highest BCUT2D eigenvalue weighted by molar-refractivity contribution is 9.10. The summed E-state index contributed by atoms with van der Waals surface area (Å²) in [4.78, 5) is 4.23. The van der Waals surface area contributed by atoms with Gasteiger partial charge in [0.05, 0.1) is 11.6 Å². The molecule has 0 amide bonds. The third-order valence-electron chi connectivity index (χ3n) is 1.88. The normalized spacial score (nSPS) is 11.3. The largest absolute Gasteiger partial charge is 0.496 e. The van der Waals surface area contributed by atoms with Gasteiger partial charge in [-0.05, 0) is 41.1 Å². The topological polar surface area (TPSA) is 59.6 Å². The van der Waals surface area contributed by atoms with E-state index in [4.69, 9.17) is 10.6 Å². The smallest absolute Gasteiger partial charge is 0.142 e. The molecule has 82 valence electrons. The minimum Gasteiger partial charge on any atom is -0.496 e. The molecule has 1 rings (SSSR count). The molecule has 0 bridgehead atoms. The molecule has 0 aromatic heterocycles. The second-order valence-electron chi connectivity index (χ2n) is 2.82. The van der Waals surface area contributed by atoms with E-state index < -0.39 is 0 Å². The number of amidine groups is 1. The van der Waals surface area contributed by atoms with Gasteiger partial charge in [0.2, 0.25) is 0 Å². The number of nitrogens with two attached hydrogens (primary N) is 1. The van der Waals surface area contributed by atoms with Crippen molar-refractivity contribution in [2.75, 3.05) is 13.7 Å². The number of ether oxygens (including phenoxy) is 1. The highest BCUT2D eigenvalue weighted by atomic mass is 79.9. The molecule has 0 heterocycles. The lowest BCUT2D eigenvalue weighted by Crippen LogP contribution is -2.31. The van der Waals surface area contributed by atoms with Crippen LogP contribution >= 0.6 is 15.9 Å². The van der Waals surface area contributed by atoms with Gasteiger partial charge in [0.1, 0.15) is 11.6 Å². The molecule has 0 spiro atoms. The van der Waals surface area contributed by atoms with E-state index >= 15 is 0 Å². The molecule has 1 aromatic carbocycles. The van der Waals surface area contributed by atoms with Crippen LogP contribution in [-0.4, -0.2) is 19.5 Å². The Morgan fingerprint density at radius 3 is 2.80 bits per heavy atom. The molecule has 0 radical (unpaired) electrons. The molecule has 15 heavy (non-hydrogen) atoms. The molecule has 0 unspecified atom stereocenters. The third kappa shape index (κ3) is 2.94. The number of halogens is 1. The van der Waals surface area contributed by atoms with Gasteiger partial charge in [-0.3, -0.25) is 4.99 Å². The Balaban J connectivity index is 3.05.